The fraction of sp³-hybridized carbons (Fsp3) is 0.900. The molecule has 0 heteroatoms. The smallest absolute Gasteiger partial charge is 0.0323 e. The normalized spacial score (nSPS) is 12.1. The van der Waals surface area contributed by atoms with Gasteiger partial charge in [-0.25, -0.2) is 0 Å². The van der Waals surface area contributed by atoms with Crippen LogP contribution in [-0.4, -0.2) is 0 Å². The Kier molecular flexibility index (Phi) is 16.6. The van der Waals surface area contributed by atoms with Crippen molar-refractivity contribution in [3.63, 3.8) is 0 Å². The third kappa shape index (κ3) is 15.8. The van der Waals surface area contributed by atoms with Gasteiger partial charge in [0.15, 0.2) is 0 Å². The molecule has 0 aromatic rings. The summed E-state index contributed by atoms with van der Waals surface area (Å²) in [6, 6.07) is 0. The van der Waals surface area contributed by atoms with Crippen molar-refractivity contribution in [2.75, 3.05) is 0 Å². The molecule has 0 aliphatic rings. The van der Waals surface area contributed by atoms with E-state index in [1.165, 1.54) is 96.3 Å². The van der Waals surface area contributed by atoms with Gasteiger partial charge in [-0.15, -0.1) is 0 Å². The molecule has 0 heterocycles. The average molecular weight is 281 g/mol. The van der Waals surface area contributed by atoms with Crippen LogP contribution in [0.4, 0.5) is 0 Å². The second-order valence-electron chi connectivity index (χ2n) is 6.48. The largest absolute Gasteiger partial charge is 0.0856 e. The number of allylic oxidation sites excluding steroid dienone is 2. The summed E-state index contributed by atoms with van der Waals surface area (Å²) in [5.41, 5.74) is 1.63. The molecule has 0 aromatic carbocycles. The Labute approximate surface area is 129 Å². The first kappa shape index (κ1) is 19.7. The Hall–Kier alpha value is -0.260. The van der Waals surface area contributed by atoms with E-state index in [1.807, 2.05) is 0 Å². The van der Waals surface area contributed by atoms with E-state index >= 15 is 0 Å². The van der Waals surface area contributed by atoms with E-state index in [0.717, 1.165) is 0 Å². The number of rotatable bonds is 15. The van der Waals surface area contributed by atoms with E-state index in [-0.39, 0.29) is 0 Å². The van der Waals surface area contributed by atoms with Crippen molar-refractivity contribution in [1.29, 1.82) is 0 Å². The molecule has 20 heavy (non-hydrogen) atoms. The van der Waals surface area contributed by atoms with Gasteiger partial charge in [0, 0.05) is 0 Å². The van der Waals surface area contributed by atoms with E-state index in [2.05, 4.69) is 26.8 Å². The van der Waals surface area contributed by atoms with Crippen molar-refractivity contribution in [1.82, 2.24) is 0 Å². The second-order valence-corrected chi connectivity index (χ2v) is 6.48. The predicted octanol–water partition coefficient (Wildman–Crippen LogP) is 7.82. The Bertz CT molecular complexity index is 202. The van der Waals surface area contributed by atoms with Gasteiger partial charge in [-0.05, 0) is 32.6 Å². The molecular formula is C20H40. The Morgan fingerprint density at radius 2 is 1.05 bits per heavy atom. The molecular weight excluding hydrogens is 240 g/mol. The number of hydrogen-bond donors (Lipinski definition) is 0. The minimum absolute atomic E-state index is 1.31. The van der Waals surface area contributed by atoms with Crippen LogP contribution < -0.4 is 0 Å². The van der Waals surface area contributed by atoms with Gasteiger partial charge < -0.3 is 0 Å². The first-order valence-corrected chi connectivity index (χ1v) is 9.46. The zero-order chi connectivity index (χ0) is 14.9. The maximum absolute atomic E-state index is 2.50. The van der Waals surface area contributed by atoms with Gasteiger partial charge in [-0.3, -0.25) is 0 Å². The quantitative estimate of drug-likeness (QED) is 0.212. The fourth-order valence-corrected chi connectivity index (χ4v) is 2.74. The maximum atomic E-state index is 2.50. The van der Waals surface area contributed by atoms with Crippen LogP contribution in [0.25, 0.3) is 0 Å². The minimum Gasteiger partial charge on any atom is -0.0856 e. The molecule has 0 bridgehead atoms. The lowest BCUT2D eigenvalue weighted by Crippen LogP contribution is -1.83. The molecule has 0 aromatic heterocycles. The first-order chi connectivity index (χ1) is 9.81. The summed E-state index contributed by atoms with van der Waals surface area (Å²) >= 11 is 0. The predicted molar refractivity (Wildman–Crippen MR) is 94.4 cm³/mol. The van der Waals surface area contributed by atoms with E-state index < -0.39 is 0 Å². The Balaban J connectivity index is 3.25. The van der Waals surface area contributed by atoms with E-state index in [1.54, 1.807) is 5.57 Å². The molecule has 0 unspecified atom stereocenters. The summed E-state index contributed by atoms with van der Waals surface area (Å²) in [6.07, 6.45) is 23.6. The van der Waals surface area contributed by atoms with Crippen LogP contribution in [-0.2, 0) is 0 Å². The van der Waals surface area contributed by atoms with Gasteiger partial charge in [-0.1, -0.05) is 96.1 Å². The monoisotopic (exact) mass is 280 g/mol. The molecule has 0 N–H and O–H groups in total. The van der Waals surface area contributed by atoms with Gasteiger partial charge in [0.2, 0.25) is 0 Å². The summed E-state index contributed by atoms with van der Waals surface area (Å²) in [6.45, 7) is 6.90. The standard InChI is InChI=1S/C20H40/c1-4-6-8-10-12-14-16-18-20(3)19-17-15-13-11-9-7-5-2/h18H,4-17,19H2,1-3H3/b20-18+. The van der Waals surface area contributed by atoms with Crippen molar-refractivity contribution < 1.29 is 0 Å². The zero-order valence-electron chi connectivity index (χ0n) is 14.7. The molecule has 0 saturated heterocycles. The first-order valence-electron chi connectivity index (χ1n) is 9.46. The second kappa shape index (κ2) is 16.8. The molecule has 0 saturated carbocycles. The highest BCUT2D eigenvalue weighted by Gasteiger charge is 1.94. The molecule has 0 amide bonds. The molecule has 0 aliphatic heterocycles. The fourth-order valence-electron chi connectivity index (χ4n) is 2.74. The van der Waals surface area contributed by atoms with Crippen molar-refractivity contribution in [2.24, 2.45) is 0 Å². The molecule has 0 fully saturated rings. The molecule has 0 rings (SSSR count). The van der Waals surface area contributed by atoms with E-state index in [0.29, 0.717) is 0 Å². The average Bonchev–Trinajstić information content (AvgIpc) is 2.45. The third-order valence-corrected chi connectivity index (χ3v) is 4.23. The lowest BCUT2D eigenvalue weighted by atomic mass is 10.0. The van der Waals surface area contributed by atoms with Gasteiger partial charge in [0.05, 0.1) is 0 Å². The van der Waals surface area contributed by atoms with Crippen LogP contribution in [0, 0.1) is 0 Å². The van der Waals surface area contributed by atoms with Crippen molar-refractivity contribution in [2.45, 2.75) is 117 Å². The Morgan fingerprint density at radius 1 is 0.600 bits per heavy atom. The summed E-state index contributed by atoms with van der Waals surface area (Å²) in [7, 11) is 0. The minimum atomic E-state index is 1.31. The highest BCUT2D eigenvalue weighted by Crippen LogP contribution is 2.14. The van der Waals surface area contributed by atoms with Crippen molar-refractivity contribution in [3.05, 3.63) is 11.6 Å². The molecule has 0 aliphatic carbocycles. The lowest BCUT2D eigenvalue weighted by Gasteiger charge is -2.03. The molecule has 0 radical (unpaired) electrons. The lowest BCUT2D eigenvalue weighted by molar-refractivity contribution is 0.587. The van der Waals surface area contributed by atoms with Crippen molar-refractivity contribution >= 4 is 0 Å². The van der Waals surface area contributed by atoms with E-state index in [9.17, 15) is 0 Å². The van der Waals surface area contributed by atoms with Gasteiger partial charge in [0.25, 0.3) is 0 Å². The van der Waals surface area contributed by atoms with Crippen LogP contribution in [0.2, 0.25) is 0 Å². The Morgan fingerprint density at radius 3 is 1.60 bits per heavy atom. The van der Waals surface area contributed by atoms with E-state index in [4.69, 9.17) is 0 Å². The van der Waals surface area contributed by atoms with Crippen LogP contribution >= 0.6 is 0 Å². The zero-order valence-corrected chi connectivity index (χ0v) is 14.7. The molecule has 0 spiro atoms. The van der Waals surface area contributed by atoms with Gasteiger partial charge in [-0.2, -0.15) is 0 Å². The molecule has 0 atom stereocenters. The van der Waals surface area contributed by atoms with Crippen molar-refractivity contribution in [3.8, 4) is 0 Å². The van der Waals surface area contributed by atoms with Crippen LogP contribution in [0.1, 0.15) is 117 Å². The topological polar surface area (TPSA) is 0 Å². The molecule has 0 nitrogen and oxygen atoms in total. The highest BCUT2D eigenvalue weighted by molar-refractivity contribution is 4.97. The SMILES string of the molecule is CCCCCCCC/C=C(\C)CCCCCCCCC. The summed E-state index contributed by atoms with van der Waals surface area (Å²) < 4.78 is 0. The summed E-state index contributed by atoms with van der Waals surface area (Å²) in [5.74, 6) is 0. The van der Waals surface area contributed by atoms with Crippen LogP contribution in [0.15, 0.2) is 11.6 Å². The maximum Gasteiger partial charge on any atom is -0.0323 e. The van der Waals surface area contributed by atoms with Crippen LogP contribution in [0.5, 0.6) is 0 Å². The summed E-state index contributed by atoms with van der Waals surface area (Å²) in [4.78, 5) is 0. The van der Waals surface area contributed by atoms with Gasteiger partial charge in [0.1, 0.15) is 0 Å². The van der Waals surface area contributed by atoms with Gasteiger partial charge >= 0.3 is 0 Å². The number of unbranched alkanes of at least 4 members (excludes halogenated alkanes) is 12. The number of hydrogen-bond acceptors (Lipinski definition) is 0. The molecule has 120 valence electrons. The highest BCUT2D eigenvalue weighted by atomic mass is 14.0. The third-order valence-electron chi connectivity index (χ3n) is 4.23. The summed E-state index contributed by atoms with van der Waals surface area (Å²) in [5, 5.41) is 0. The van der Waals surface area contributed by atoms with Crippen LogP contribution in [0.3, 0.4) is 0 Å².